The summed E-state index contributed by atoms with van der Waals surface area (Å²) in [4.78, 5) is 12.1. The van der Waals surface area contributed by atoms with Crippen LogP contribution in [0.5, 0.6) is 0 Å². The first kappa shape index (κ1) is 16.0. The van der Waals surface area contributed by atoms with E-state index >= 15 is 0 Å². The van der Waals surface area contributed by atoms with Gasteiger partial charge in [-0.05, 0) is 53.8 Å². The Hall–Kier alpha value is -2.45. The molecule has 2 atom stereocenters. The molecule has 126 valence electrons. The van der Waals surface area contributed by atoms with E-state index in [2.05, 4.69) is 62.4 Å². The number of fused-ring (bicyclic) bond motifs is 1. The van der Waals surface area contributed by atoms with Crippen LogP contribution in [0.3, 0.4) is 0 Å². The molecule has 2 heteroatoms. The number of aryl methyl sites for hydroxylation is 1. The minimum atomic E-state index is -0.383. The number of hydrogen-bond donors (Lipinski definition) is 0. The molecule has 0 N–H and O–H groups in total. The predicted octanol–water partition coefficient (Wildman–Crippen LogP) is 4.73. The summed E-state index contributed by atoms with van der Waals surface area (Å²) < 4.78 is 6.17. The topological polar surface area (TPSA) is 26.3 Å². The van der Waals surface area contributed by atoms with E-state index in [1.54, 1.807) is 6.08 Å². The van der Waals surface area contributed by atoms with E-state index in [4.69, 9.17) is 4.74 Å². The normalized spacial score (nSPS) is 27.3. The van der Waals surface area contributed by atoms with Gasteiger partial charge >= 0.3 is 0 Å². The Balaban J connectivity index is 1.95. The lowest BCUT2D eigenvalue weighted by atomic mass is 9.75. The zero-order chi connectivity index (χ0) is 17.4. The molecule has 4 rings (SSSR count). The van der Waals surface area contributed by atoms with Gasteiger partial charge in [0.15, 0.2) is 5.78 Å². The Kier molecular flexibility index (Phi) is 3.93. The molecule has 0 bridgehead atoms. The molecule has 2 aliphatic rings. The van der Waals surface area contributed by atoms with Crippen molar-refractivity contribution in [2.75, 3.05) is 6.61 Å². The van der Waals surface area contributed by atoms with Crippen LogP contribution < -0.4 is 0 Å². The molecule has 1 saturated heterocycles. The lowest BCUT2D eigenvalue weighted by Gasteiger charge is -2.30. The van der Waals surface area contributed by atoms with E-state index < -0.39 is 0 Å². The zero-order valence-electron chi connectivity index (χ0n) is 14.7. The first-order valence-electron chi connectivity index (χ1n) is 8.79. The highest BCUT2D eigenvalue weighted by atomic mass is 16.5. The molecule has 1 aliphatic carbocycles. The third-order valence-electron chi connectivity index (χ3n) is 5.45. The lowest BCUT2D eigenvalue weighted by Crippen LogP contribution is -2.34. The second-order valence-electron chi connectivity index (χ2n) is 7.11. The molecule has 0 aromatic heterocycles. The van der Waals surface area contributed by atoms with Gasteiger partial charge in [0.25, 0.3) is 0 Å². The van der Waals surface area contributed by atoms with Crippen molar-refractivity contribution >= 4 is 11.4 Å². The number of carbonyl (C=O) groups excluding carboxylic acids is 1. The fourth-order valence-corrected chi connectivity index (χ4v) is 4.02. The summed E-state index contributed by atoms with van der Waals surface area (Å²) in [5.41, 5.74) is 5.71. The van der Waals surface area contributed by atoms with Gasteiger partial charge in [0.2, 0.25) is 0 Å². The number of hydrogen-bond acceptors (Lipinski definition) is 2. The Morgan fingerprint density at radius 2 is 1.80 bits per heavy atom. The average molecular weight is 330 g/mol. The van der Waals surface area contributed by atoms with Gasteiger partial charge in [-0.25, -0.2) is 0 Å². The Labute approximate surface area is 148 Å². The molecule has 2 aromatic carbocycles. The highest BCUT2D eigenvalue weighted by molar-refractivity contribution is 5.93. The van der Waals surface area contributed by atoms with Crippen LogP contribution in [0.4, 0.5) is 0 Å². The Bertz CT molecular complexity index is 876. The van der Waals surface area contributed by atoms with Crippen molar-refractivity contribution in [2.24, 2.45) is 5.92 Å². The molecular weight excluding hydrogens is 308 g/mol. The SMILES string of the molecule is Cc1ccccc1/C(=C1\CO[C@@]2(C)C=CC(=O)C[C@@H]12)c1ccccc1. The van der Waals surface area contributed by atoms with Crippen LogP contribution in [0.2, 0.25) is 0 Å². The highest BCUT2D eigenvalue weighted by Crippen LogP contribution is 2.46. The molecule has 1 heterocycles. The molecule has 2 aromatic rings. The van der Waals surface area contributed by atoms with Crippen LogP contribution in [0.1, 0.15) is 30.0 Å². The number of benzene rings is 2. The standard InChI is InChI=1S/C23H22O2/c1-16-8-6-7-11-19(16)22(17-9-4-3-5-10-17)20-15-25-23(2)13-12-18(24)14-21(20)23/h3-13,21H,14-15H2,1-2H3/b22-20+/t21-,23-/m0/s1. The van der Waals surface area contributed by atoms with Crippen molar-refractivity contribution in [1.82, 2.24) is 0 Å². The minimum absolute atomic E-state index is 0.0970. The number of rotatable bonds is 2. The van der Waals surface area contributed by atoms with Crippen LogP contribution >= 0.6 is 0 Å². The Morgan fingerprint density at radius 1 is 1.08 bits per heavy atom. The van der Waals surface area contributed by atoms with E-state index in [9.17, 15) is 4.79 Å². The van der Waals surface area contributed by atoms with E-state index in [1.807, 2.05) is 12.1 Å². The maximum Gasteiger partial charge on any atom is 0.156 e. The molecule has 25 heavy (non-hydrogen) atoms. The van der Waals surface area contributed by atoms with E-state index in [-0.39, 0.29) is 17.3 Å². The van der Waals surface area contributed by atoms with E-state index in [0.717, 1.165) is 0 Å². The van der Waals surface area contributed by atoms with E-state index in [0.29, 0.717) is 13.0 Å². The van der Waals surface area contributed by atoms with Gasteiger partial charge < -0.3 is 4.74 Å². The molecule has 0 saturated carbocycles. The zero-order valence-corrected chi connectivity index (χ0v) is 14.7. The van der Waals surface area contributed by atoms with Crippen molar-refractivity contribution in [3.05, 3.63) is 89.0 Å². The van der Waals surface area contributed by atoms with E-state index in [1.165, 1.54) is 27.8 Å². The van der Waals surface area contributed by atoms with Gasteiger partial charge in [-0.1, -0.05) is 54.6 Å². The van der Waals surface area contributed by atoms with Gasteiger partial charge in [0.05, 0.1) is 12.2 Å². The Morgan fingerprint density at radius 3 is 2.56 bits per heavy atom. The second-order valence-corrected chi connectivity index (χ2v) is 7.11. The van der Waals surface area contributed by atoms with Crippen LogP contribution in [0, 0.1) is 12.8 Å². The van der Waals surface area contributed by atoms with Crippen LogP contribution in [-0.2, 0) is 9.53 Å². The van der Waals surface area contributed by atoms with Crippen molar-refractivity contribution in [1.29, 1.82) is 0 Å². The first-order valence-corrected chi connectivity index (χ1v) is 8.79. The monoisotopic (exact) mass is 330 g/mol. The van der Waals surface area contributed by atoms with Crippen LogP contribution in [0.15, 0.2) is 72.3 Å². The molecule has 0 spiro atoms. The van der Waals surface area contributed by atoms with Gasteiger partial charge in [0, 0.05) is 12.3 Å². The first-order chi connectivity index (χ1) is 12.1. The summed E-state index contributed by atoms with van der Waals surface area (Å²) in [6.45, 7) is 4.80. The third-order valence-corrected chi connectivity index (χ3v) is 5.45. The van der Waals surface area contributed by atoms with Gasteiger partial charge in [-0.15, -0.1) is 0 Å². The van der Waals surface area contributed by atoms with Gasteiger partial charge in [-0.3, -0.25) is 4.79 Å². The fourth-order valence-electron chi connectivity index (χ4n) is 4.02. The van der Waals surface area contributed by atoms with Crippen molar-refractivity contribution in [3.63, 3.8) is 0 Å². The smallest absolute Gasteiger partial charge is 0.156 e. The summed E-state index contributed by atoms with van der Waals surface area (Å²) in [6.07, 6.45) is 4.14. The summed E-state index contributed by atoms with van der Waals surface area (Å²) in [6, 6.07) is 18.9. The molecule has 2 nitrogen and oxygen atoms in total. The van der Waals surface area contributed by atoms with Crippen LogP contribution in [0.25, 0.3) is 5.57 Å². The van der Waals surface area contributed by atoms with Crippen molar-refractivity contribution in [3.8, 4) is 0 Å². The third kappa shape index (κ3) is 2.77. The predicted molar refractivity (Wildman–Crippen MR) is 100 cm³/mol. The summed E-state index contributed by atoms with van der Waals surface area (Å²) >= 11 is 0. The minimum Gasteiger partial charge on any atom is -0.366 e. The van der Waals surface area contributed by atoms with Crippen LogP contribution in [-0.4, -0.2) is 18.0 Å². The summed E-state index contributed by atoms with van der Waals surface area (Å²) in [7, 11) is 0. The molecule has 1 fully saturated rings. The second kappa shape index (κ2) is 6.12. The number of ether oxygens (including phenoxy) is 1. The number of allylic oxidation sites excluding steroid dienone is 1. The maximum atomic E-state index is 12.1. The molecule has 1 aliphatic heterocycles. The fraction of sp³-hybridized carbons (Fsp3) is 0.261. The highest BCUT2D eigenvalue weighted by Gasteiger charge is 2.45. The maximum absolute atomic E-state index is 12.1. The summed E-state index contributed by atoms with van der Waals surface area (Å²) in [5, 5.41) is 0. The average Bonchev–Trinajstić information content (AvgIpc) is 2.95. The quantitative estimate of drug-likeness (QED) is 0.795. The molecule has 0 unspecified atom stereocenters. The summed E-state index contributed by atoms with van der Waals surface area (Å²) in [5.74, 6) is 0.280. The lowest BCUT2D eigenvalue weighted by molar-refractivity contribution is -0.117. The van der Waals surface area contributed by atoms with Crippen molar-refractivity contribution in [2.45, 2.75) is 25.9 Å². The number of carbonyl (C=O) groups is 1. The van der Waals surface area contributed by atoms with Gasteiger partial charge in [0.1, 0.15) is 0 Å². The molecule has 0 amide bonds. The largest absolute Gasteiger partial charge is 0.366 e. The van der Waals surface area contributed by atoms with Crippen molar-refractivity contribution < 1.29 is 9.53 Å². The van der Waals surface area contributed by atoms with Gasteiger partial charge in [-0.2, -0.15) is 0 Å². The molecular formula is C23H22O2. The number of ketones is 1. The molecule has 0 radical (unpaired) electrons.